The largest absolute Gasteiger partial charge is 0.490 e. The van der Waals surface area contributed by atoms with E-state index in [1.807, 2.05) is 20.8 Å². The molecule has 0 aliphatic rings. The standard InChI is InChI=1S/C12H16O3/c1-4-9(3)15-11-6-5-10(12(13)14)7-8(11)2/h5-7,9H,4H2,1-3H3,(H,13,14). The fourth-order valence-electron chi connectivity index (χ4n) is 1.21. The predicted octanol–water partition coefficient (Wildman–Crippen LogP) is 2.87. The maximum absolute atomic E-state index is 10.7. The topological polar surface area (TPSA) is 46.5 Å². The molecule has 1 unspecified atom stereocenters. The molecule has 1 atom stereocenters. The van der Waals surface area contributed by atoms with Crippen LogP contribution in [0, 0.1) is 6.92 Å². The molecule has 1 aromatic rings. The first-order valence-electron chi connectivity index (χ1n) is 5.05. The summed E-state index contributed by atoms with van der Waals surface area (Å²) in [6.07, 6.45) is 1.08. The molecule has 82 valence electrons. The van der Waals surface area contributed by atoms with Crippen LogP contribution < -0.4 is 4.74 Å². The Morgan fingerprint density at radius 1 is 1.53 bits per heavy atom. The number of carbonyl (C=O) groups is 1. The summed E-state index contributed by atoms with van der Waals surface area (Å²) in [4.78, 5) is 10.7. The number of rotatable bonds is 4. The van der Waals surface area contributed by atoms with Crippen LogP contribution in [0.15, 0.2) is 18.2 Å². The Hall–Kier alpha value is -1.51. The highest BCUT2D eigenvalue weighted by Gasteiger charge is 2.08. The molecule has 0 bridgehead atoms. The van der Waals surface area contributed by atoms with Crippen molar-refractivity contribution >= 4 is 5.97 Å². The summed E-state index contributed by atoms with van der Waals surface area (Å²) in [7, 11) is 0. The second kappa shape index (κ2) is 4.82. The van der Waals surface area contributed by atoms with Gasteiger partial charge >= 0.3 is 5.97 Å². The zero-order chi connectivity index (χ0) is 11.4. The van der Waals surface area contributed by atoms with Gasteiger partial charge < -0.3 is 9.84 Å². The molecule has 0 fully saturated rings. The highest BCUT2D eigenvalue weighted by Crippen LogP contribution is 2.20. The van der Waals surface area contributed by atoms with Crippen molar-refractivity contribution in [2.75, 3.05) is 0 Å². The van der Waals surface area contributed by atoms with E-state index in [2.05, 4.69) is 0 Å². The van der Waals surface area contributed by atoms with Crippen LogP contribution in [-0.4, -0.2) is 17.2 Å². The molecule has 15 heavy (non-hydrogen) atoms. The third-order valence-corrected chi connectivity index (χ3v) is 2.32. The van der Waals surface area contributed by atoms with Crippen molar-refractivity contribution in [3.05, 3.63) is 29.3 Å². The molecule has 0 aromatic heterocycles. The number of ether oxygens (including phenoxy) is 1. The van der Waals surface area contributed by atoms with Gasteiger partial charge in [-0.3, -0.25) is 0 Å². The van der Waals surface area contributed by atoms with E-state index in [9.17, 15) is 4.79 Å². The summed E-state index contributed by atoms with van der Waals surface area (Å²) < 4.78 is 5.64. The van der Waals surface area contributed by atoms with E-state index in [0.29, 0.717) is 5.56 Å². The number of hydrogen-bond donors (Lipinski definition) is 1. The zero-order valence-electron chi connectivity index (χ0n) is 9.28. The minimum atomic E-state index is -0.909. The number of aromatic carboxylic acids is 1. The number of benzene rings is 1. The van der Waals surface area contributed by atoms with E-state index in [0.717, 1.165) is 17.7 Å². The lowest BCUT2D eigenvalue weighted by Gasteiger charge is -2.14. The Kier molecular flexibility index (Phi) is 3.72. The Labute approximate surface area is 89.7 Å². The predicted molar refractivity (Wildman–Crippen MR) is 58.5 cm³/mol. The molecule has 0 heterocycles. The van der Waals surface area contributed by atoms with Crippen LogP contribution in [0.2, 0.25) is 0 Å². The first-order chi connectivity index (χ1) is 7.04. The van der Waals surface area contributed by atoms with E-state index < -0.39 is 5.97 Å². The van der Waals surface area contributed by atoms with Crippen molar-refractivity contribution in [1.82, 2.24) is 0 Å². The Balaban J connectivity index is 2.88. The third-order valence-electron chi connectivity index (χ3n) is 2.32. The Morgan fingerprint density at radius 2 is 2.20 bits per heavy atom. The molecule has 0 amide bonds. The molecule has 0 radical (unpaired) electrons. The molecule has 0 spiro atoms. The van der Waals surface area contributed by atoms with Crippen molar-refractivity contribution in [2.24, 2.45) is 0 Å². The highest BCUT2D eigenvalue weighted by molar-refractivity contribution is 5.88. The monoisotopic (exact) mass is 208 g/mol. The molecule has 1 N–H and O–H groups in total. The van der Waals surface area contributed by atoms with Crippen LogP contribution >= 0.6 is 0 Å². The summed E-state index contributed by atoms with van der Waals surface area (Å²) in [5.74, 6) is -0.150. The van der Waals surface area contributed by atoms with E-state index in [4.69, 9.17) is 9.84 Å². The van der Waals surface area contributed by atoms with Crippen molar-refractivity contribution in [2.45, 2.75) is 33.3 Å². The molecular formula is C12H16O3. The number of carboxylic acids is 1. The first-order valence-corrected chi connectivity index (χ1v) is 5.05. The summed E-state index contributed by atoms with van der Waals surface area (Å²) in [6, 6.07) is 4.90. The van der Waals surface area contributed by atoms with E-state index in [1.54, 1.807) is 18.2 Å². The van der Waals surface area contributed by atoms with E-state index >= 15 is 0 Å². The maximum atomic E-state index is 10.7. The lowest BCUT2D eigenvalue weighted by Crippen LogP contribution is -2.10. The van der Waals surface area contributed by atoms with Crippen LogP contribution in [0.4, 0.5) is 0 Å². The van der Waals surface area contributed by atoms with E-state index in [1.165, 1.54) is 0 Å². The highest BCUT2D eigenvalue weighted by atomic mass is 16.5. The van der Waals surface area contributed by atoms with Gasteiger partial charge in [-0.25, -0.2) is 4.79 Å². The van der Waals surface area contributed by atoms with Crippen molar-refractivity contribution < 1.29 is 14.6 Å². The van der Waals surface area contributed by atoms with Crippen molar-refractivity contribution in [3.63, 3.8) is 0 Å². The fraction of sp³-hybridized carbons (Fsp3) is 0.417. The van der Waals surface area contributed by atoms with Gasteiger partial charge in [-0.05, 0) is 44.0 Å². The fourth-order valence-corrected chi connectivity index (χ4v) is 1.21. The molecule has 0 saturated carbocycles. The van der Waals surface area contributed by atoms with Gasteiger partial charge in [-0.2, -0.15) is 0 Å². The van der Waals surface area contributed by atoms with Gasteiger partial charge in [0, 0.05) is 0 Å². The van der Waals surface area contributed by atoms with Gasteiger partial charge in [0.2, 0.25) is 0 Å². The zero-order valence-corrected chi connectivity index (χ0v) is 9.28. The average molecular weight is 208 g/mol. The maximum Gasteiger partial charge on any atom is 0.335 e. The van der Waals surface area contributed by atoms with Crippen LogP contribution in [0.3, 0.4) is 0 Å². The second-order valence-electron chi connectivity index (χ2n) is 3.62. The SMILES string of the molecule is CCC(C)Oc1ccc(C(=O)O)cc1C. The quantitative estimate of drug-likeness (QED) is 0.827. The summed E-state index contributed by atoms with van der Waals surface area (Å²) in [5, 5.41) is 8.79. The van der Waals surface area contributed by atoms with Gasteiger partial charge in [0.1, 0.15) is 5.75 Å². The molecule has 3 heteroatoms. The minimum absolute atomic E-state index is 0.152. The van der Waals surface area contributed by atoms with E-state index in [-0.39, 0.29) is 6.10 Å². The third kappa shape index (κ3) is 2.98. The van der Waals surface area contributed by atoms with Crippen LogP contribution in [-0.2, 0) is 0 Å². The molecule has 0 saturated heterocycles. The molecule has 1 rings (SSSR count). The summed E-state index contributed by atoms with van der Waals surface area (Å²) in [5.41, 5.74) is 1.15. The molecule has 0 aliphatic heterocycles. The van der Waals surface area contributed by atoms with Crippen LogP contribution in [0.25, 0.3) is 0 Å². The normalized spacial score (nSPS) is 12.2. The smallest absolute Gasteiger partial charge is 0.335 e. The summed E-state index contributed by atoms with van der Waals surface area (Å²) >= 11 is 0. The van der Waals surface area contributed by atoms with Crippen LogP contribution in [0.1, 0.15) is 36.2 Å². The number of carboxylic acid groups (broad SMARTS) is 1. The Bertz CT molecular complexity index is 358. The first kappa shape index (κ1) is 11.6. The van der Waals surface area contributed by atoms with Crippen molar-refractivity contribution in [3.8, 4) is 5.75 Å². The van der Waals surface area contributed by atoms with Gasteiger partial charge in [0.15, 0.2) is 0 Å². The minimum Gasteiger partial charge on any atom is -0.490 e. The summed E-state index contributed by atoms with van der Waals surface area (Å²) in [6.45, 7) is 5.89. The molecule has 3 nitrogen and oxygen atoms in total. The average Bonchev–Trinajstić information content (AvgIpc) is 2.20. The lowest BCUT2D eigenvalue weighted by molar-refractivity contribution is 0.0696. The number of aryl methyl sites for hydroxylation is 1. The van der Waals surface area contributed by atoms with Crippen molar-refractivity contribution in [1.29, 1.82) is 0 Å². The van der Waals surface area contributed by atoms with Gasteiger partial charge in [-0.15, -0.1) is 0 Å². The number of hydrogen-bond acceptors (Lipinski definition) is 2. The second-order valence-corrected chi connectivity index (χ2v) is 3.62. The molecule has 0 aliphatic carbocycles. The lowest BCUT2D eigenvalue weighted by atomic mass is 10.1. The van der Waals surface area contributed by atoms with Crippen LogP contribution in [0.5, 0.6) is 5.75 Å². The molecule has 1 aromatic carbocycles. The Morgan fingerprint density at radius 3 is 2.67 bits per heavy atom. The molecular weight excluding hydrogens is 192 g/mol. The van der Waals surface area contributed by atoms with Gasteiger partial charge in [0.25, 0.3) is 0 Å². The van der Waals surface area contributed by atoms with Gasteiger partial charge in [0.05, 0.1) is 11.7 Å². The van der Waals surface area contributed by atoms with Gasteiger partial charge in [-0.1, -0.05) is 6.92 Å².